The molecule has 0 saturated carbocycles. The molecule has 22 heavy (non-hydrogen) atoms. The Labute approximate surface area is 126 Å². The van der Waals surface area contributed by atoms with E-state index < -0.39 is 26.8 Å². The summed E-state index contributed by atoms with van der Waals surface area (Å²) >= 11 is 0. The van der Waals surface area contributed by atoms with E-state index in [4.69, 9.17) is 10.3 Å². The number of aromatic carboxylic acids is 1. The zero-order valence-corrected chi connectivity index (χ0v) is 12.1. The van der Waals surface area contributed by atoms with E-state index in [1.807, 2.05) is 0 Å². The van der Waals surface area contributed by atoms with Gasteiger partial charge in [-0.2, -0.15) is 5.23 Å². The minimum absolute atomic E-state index is 0.0429. The lowest BCUT2D eigenvalue weighted by Crippen LogP contribution is -2.99. The zero-order chi connectivity index (χ0) is 16.3. The average Bonchev–Trinajstić information content (AvgIpc) is 2.47. The molecule has 0 aliphatic carbocycles. The van der Waals surface area contributed by atoms with Crippen LogP contribution in [0.4, 0.5) is 5.69 Å². The number of nitrogens with one attached hydrogen (secondary N) is 1. The van der Waals surface area contributed by atoms with Gasteiger partial charge in [-0.25, -0.2) is 18.4 Å². The lowest BCUT2D eigenvalue weighted by Gasteiger charge is -2.16. The first-order valence-electron chi connectivity index (χ1n) is 6.18. The molecule has 116 valence electrons. The largest absolute Gasteiger partial charge is 0.595 e. The van der Waals surface area contributed by atoms with E-state index in [1.165, 1.54) is 24.3 Å². The van der Waals surface area contributed by atoms with Crippen LogP contribution in [0.25, 0.3) is 0 Å². The van der Waals surface area contributed by atoms with Crippen LogP contribution in [0, 0.1) is 5.21 Å². The fourth-order valence-corrected chi connectivity index (χ4v) is 3.35. The zero-order valence-electron chi connectivity index (χ0n) is 11.3. The summed E-state index contributed by atoms with van der Waals surface area (Å²) < 4.78 is 24.6. The SMILES string of the molecule is O=C(O)c1ccc(CS(=O)(=O)c2ccccc2)c([NH+]([O-])O)c1. The molecule has 8 heteroatoms. The molecular weight excluding hydrogens is 310 g/mol. The van der Waals surface area contributed by atoms with Gasteiger partial charge in [0.25, 0.3) is 0 Å². The number of rotatable bonds is 5. The maximum atomic E-state index is 12.3. The van der Waals surface area contributed by atoms with E-state index >= 15 is 0 Å². The van der Waals surface area contributed by atoms with Crippen molar-refractivity contribution in [2.45, 2.75) is 10.6 Å². The van der Waals surface area contributed by atoms with Gasteiger partial charge in [0.2, 0.25) is 0 Å². The molecule has 3 N–H and O–H groups in total. The predicted molar refractivity (Wildman–Crippen MR) is 76.5 cm³/mol. The summed E-state index contributed by atoms with van der Waals surface area (Å²) in [7, 11) is -3.71. The van der Waals surface area contributed by atoms with Gasteiger partial charge in [0, 0.05) is 11.6 Å². The summed E-state index contributed by atoms with van der Waals surface area (Å²) in [6.07, 6.45) is 0. The van der Waals surface area contributed by atoms with Crippen molar-refractivity contribution in [3.8, 4) is 0 Å². The molecule has 0 aliphatic rings. The highest BCUT2D eigenvalue weighted by atomic mass is 32.2. The summed E-state index contributed by atoms with van der Waals surface area (Å²) in [5, 5.41) is 27.9. The molecule has 0 aromatic heterocycles. The van der Waals surface area contributed by atoms with E-state index in [-0.39, 0.29) is 21.7 Å². The smallest absolute Gasteiger partial charge is 0.335 e. The van der Waals surface area contributed by atoms with Crippen LogP contribution < -0.4 is 5.23 Å². The molecule has 7 nitrogen and oxygen atoms in total. The van der Waals surface area contributed by atoms with E-state index in [1.54, 1.807) is 18.2 Å². The van der Waals surface area contributed by atoms with Gasteiger partial charge in [0.05, 0.1) is 16.2 Å². The topological polar surface area (TPSA) is 119 Å². The van der Waals surface area contributed by atoms with Crippen LogP contribution in [-0.4, -0.2) is 24.7 Å². The molecule has 0 radical (unpaired) electrons. The van der Waals surface area contributed by atoms with Crippen LogP contribution in [0.2, 0.25) is 0 Å². The summed E-state index contributed by atoms with van der Waals surface area (Å²) in [5.41, 5.74) is -0.501. The summed E-state index contributed by atoms with van der Waals surface area (Å²) in [4.78, 5) is 11.0. The monoisotopic (exact) mass is 323 g/mol. The average molecular weight is 323 g/mol. The fraction of sp³-hybridized carbons (Fsp3) is 0.0714. The Kier molecular flexibility index (Phi) is 4.57. The first-order valence-corrected chi connectivity index (χ1v) is 7.84. The quantitative estimate of drug-likeness (QED) is 0.699. The van der Waals surface area contributed by atoms with Crippen LogP contribution in [0.1, 0.15) is 15.9 Å². The van der Waals surface area contributed by atoms with Gasteiger partial charge in [-0.15, -0.1) is 0 Å². The second-order valence-corrected chi connectivity index (χ2v) is 6.54. The molecule has 0 amide bonds. The molecule has 0 aliphatic heterocycles. The fourth-order valence-electron chi connectivity index (χ4n) is 1.95. The van der Waals surface area contributed by atoms with Crippen molar-refractivity contribution in [1.82, 2.24) is 0 Å². The Balaban J connectivity index is 2.43. The Morgan fingerprint density at radius 1 is 1.14 bits per heavy atom. The number of carboxylic acids is 1. The highest BCUT2D eigenvalue weighted by Crippen LogP contribution is 2.21. The van der Waals surface area contributed by atoms with Crippen molar-refractivity contribution in [1.29, 1.82) is 0 Å². The molecule has 0 bridgehead atoms. The summed E-state index contributed by atoms with van der Waals surface area (Å²) in [5.74, 6) is -1.79. The lowest BCUT2D eigenvalue weighted by atomic mass is 10.1. The third-order valence-corrected chi connectivity index (χ3v) is 4.72. The first-order chi connectivity index (χ1) is 10.3. The third-order valence-electron chi connectivity index (χ3n) is 3.04. The number of benzene rings is 2. The molecule has 1 unspecified atom stereocenters. The minimum atomic E-state index is -3.71. The van der Waals surface area contributed by atoms with Crippen LogP contribution >= 0.6 is 0 Å². The van der Waals surface area contributed by atoms with Crippen molar-refractivity contribution in [3.05, 3.63) is 64.9 Å². The van der Waals surface area contributed by atoms with E-state index in [0.717, 1.165) is 6.07 Å². The van der Waals surface area contributed by atoms with Gasteiger partial charge in [-0.3, -0.25) is 0 Å². The van der Waals surface area contributed by atoms with Gasteiger partial charge >= 0.3 is 5.97 Å². The van der Waals surface area contributed by atoms with Gasteiger partial charge in [0.1, 0.15) is 0 Å². The van der Waals surface area contributed by atoms with E-state index in [0.29, 0.717) is 0 Å². The van der Waals surface area contributed by atoms with Crippen molar-refractivity contribution < 1.29 is 28.8 Å². The van der Waals surface area contributed by atoms with Crippen LogP contribution in [-0.2, 0) is 15.6 Å². The Morgan fingerprint density at radius 2 is 1.77 bits per heavy atom. The number of carbonyl (C=O) groups is 1. The van der Waals surface area contributed by atoms with Crippen LogP contribution in [0.5, 0.6) is 0 Å². The van der Waals surface area contributed by atoms with E-state index in [9.17, 15) is 18.4 Å². The molecule has 0 spiro atoms. The normalized spacial score (nSPS) is 12.8. The summed E-state index contributed by atoms with van der Waals surface area (Å²) in [6.45, 7) is 0. The minimum Gasteiger partial charge on any atom is -0.595 e. The van der Waals surface area contributed by atoms with Gasteiger partial charge in [0.15, 0.2) is 15.5 Å². The van der Waals surface area contributed by atoms with Gasteiger partial charge in [-0.05, 0) is 18.2 Å². The van der Waals surface area contributed by atoms with E-state index in [2.05, 4.69) is 0 Å². The second-order valence-electron chi connectivity index (χ2n) is 4.55. The summed E-state index contributed by atoms with van der Waals surface area (Å²) in [6, 6.07) is 11.0. The second kappa shape index (κ2) is 6.24. The maximum Gasteiger partial charge on any atom is 0.335 e. The number of hydrogen-bond acceptors (Lipinski definition) is 5. The molecule has 0 saturated heterocycles. The van der Waals surface area contributed by atoms with Crippen LogP contribution in [0.15, 0.2) is 53.4 Å². The predicted octanol–water partition coefficient (Wildman–Crippen LogP) is 0.762. The van der Waals surface area contributed by atoms with Gasteiger partial charge < -0.3 is 10.3 Å². The van der Waals surface area contributed by atoms with Crippen molar-refractivity contribution in [2.24, 2.45) is 0 Å². The molecule has 1 atom stereocenters. The van der Waals surface area contributed by atoms with Crippen molar-refractivity contribution >= 4 is 21.5 Å². The highest BCUT2D eigenvalue weighted by molar-refractivity contribution is 7.90. The Morgan fingerprint density at radius 3 is 2.32 bits per heavy atom. The molecule has 2 rings (SSSR count). The Hall–Kier alpha value is -2.26. The van der Waals surface area contributed by atoms with Crippen LogP contribution in [0.3, 0.4) is 0 Å². The number of sulfone groups is 1. The van der Waals surface area contributed by atoms with Crippen molar-refractivity contribution in [3.63, 3.8) is 0 Å². The lowest BCUT2D eigenvalue weighted by molar-refractivity contribution is -0.991. The highest BCUT2D eigenvalue weighted by Gasteiger charge is 2.21. The molecule has 2 aromatic rings. The molecule has 0 heterocycles. The maximum absolute atomic E-state index is 12.3. The standard InChI is InChI=1S/C14H13NO6S/c16-14(17)10-6-7-11(13(8-10)15(18)19)9-22(20,21)12-4-2-1-3-5-12/h1-8,15,18H,9H2,(H,16,17). The molecular formula is C14H13NO6S. The number of carboxylic acid groups (broad SMARTS) is 1. The third kappa shape index (κ3) is 3.49. The van der Waals surface area contributed by atoms with Crippen molar-refractivity contribution in [2.75, 3.05) is 0 Å². The Bertz CT molecular complexity index is 786. The first kappa shape index (κ1) is 16.1. The molecule has 0 fully saturated rings. The molecule has 2 aromatic carbocycles. The van der Waals surface area contributed by atoms with Gasteiger partial charge in [-0.1, -0.05) is 24.3 Å². The number of hydrogen-bond donors (Lipinski definition) is 3. The number of quaternary nitrogens is 1.